The van der Waals surface area contributed by atoms with Crippen LogP contribution in [0.25, 0.3) is 66.8 Å². The van der Waals surface area contributed by atoms with Crippen LogP contribution in [0, 0.1) is 0 Å². The first-order valence-electron chi connectivity index (χ1n) is 21.6. The van der Waals surface area contributed by atoms with E-state index in [1.807, 2.05) is 0 Å². The highest BCUT2D eigenvalue weighted by Gasteiger charge is 2.32. The highest BCUT2D eigenvalue weighted by Crippen LogP contribution is 2.51. The quantitative estimate of drug-likeness (QED) is 0.128. The maximum atomic E-state index is 2.52. The zero-order chi connectivity index (χ0) is 41.2. The molecule has 2 unspecified atom stereocenters. The summed E-state index contributed by atoms with van der Waals surface area (Å²) in [5.41, 5.74) is 22.8. The number of hydrogen-bond acceptors (Lipinski definition) is 0. The third-order valence-electron chi connectivity index (χ3n) is 12.8. The van der Waals surface area contributed by atoms with Gasteiger partial charge in [0.2, 0.25) is 0 Å². The van der Waals surface area contributed by atoms with Crippen LogP contribution in [0.5, 0.6) is 0 Å². The van der Waals surface area contributed by atoms with Crippen LogP contribution < -0.4 is 0 Å². The summed E-state index contributed by atoms with van der Waals surface area (Å²) in [5.74, 6) is 0.123. The lowest BCUT2D eigenvalue weighted by Gasteiger charge is -2.23. The van der Waals surface area contributed by atoms with E-state index in [1.165, 1.54) is 100 Å². The van der Waals surface area contributed by atoms with Gasteiger partial charge in [0, 0.05) is 11.8 Å². The second kappa shape index (κ2) is 16.3. The summed E-state index contributed by atoms with van der Waals surface area (Å²) >= 11 is 0. The molecule has 0 N–H and O–H groups in total. The standard InChI is InChI=1S/C62H44/c1-4-14-43(15-5-1)46-24-26-49(27-25-46)50-32-38-53(39-33-50)61(52-36-30-48(31-37-52)45-18-8-3-9-19-45)54-40-41-57-56-21-11-13-23-59(56)62(60(57)42-54)58-22-12-10-20-55(58)51-34-28-47(29-35-51)44-16-6-2-7-17-44/h1-42,61-62H. The molecule has 0 heteroatoms. The topological polar surface area (TPSA) is 0 Å². The number of hydrogen-bond donors (Lipinski definition) is 0. The van der Waals surface area contributed by atoms with Crippen molar-refractivity contribution in [1.29, 1.82) is 0 Å². The van der Waals surface area contributed by atoms with Crippen LogP contribution in [0.15, 0.2) is 255 Å². The molecule has 0 radical (unpaired) electrons. The molecule has 62 heavy (non-hydrogen) atoms. The van der Waals surface area contributed by atoms with Crippen LogP contribution >= 0.6 is 0 Å². The van der Waals surface area contributed by atoms with Crippen molar-refractivity contribution >= 4 is 0 Å². The van der Waals surface area contributed by atoms with Gasteiger partial charge in [0.05, 0.1) is 0 Å². The fraction of sp³-hybridized carbons (Fsp3) is 0.0323. The summed E-state index contributed by atoms with van der Waals surface area (Å²) < 4.78 is 0. The maximum Gasteiger partial charge on any atom is 0.0358 e. The largest absolute Gasteiger partial charge is 0.0622 e. The van der Waals surface area contributed by atoms with Crippen LogP contribution in [0.4, 0.5) is 0 Å². The Morgan fingerprint density at radius 2 is 0.516 bits per heavy atom. The second-order valence-electron chi connectivity index (χ2n) is 16.4. The van der Waals surface area contributed by atoms with Gasteiger partial charge in [0.15, 0.2) is 0 Å². The molecule has 0 aromatic heterocycles. The van der Waals surface area contributed by atoms with Gasteiger partial charge < -0.3 is 0 Å². The minimum atomic E-state index is 0.0322. The molecule has 11 rings (SSSR count). The third kappa shape index (κ3) is 7.06. The molecule has 10 aromatic carbocycles. The molecule has 0 fully saturated rings. The summed E-state index contributed by atoms with van der Waals surface area (Å²) in [6.07, 6.45) is 0. The molecule has 0 saturated carbocycles. The van der Waals surface area contributed by atoms with Gasteiger partial charge in [0.1, 0.15) is 0 Å². The predicted octanol–water partition coefficient (Wildman–Crippen LogP) is 16.4. The Morgan fingerprint density at radius 3 is 0.968 bits per heavy atom. The van der Waals surface area contributed by atoms with E-state index in [9.17, 15) is 0 Å². The van der Waals surface area contributed by atoms with Crippen molar-refractivity contribution in [2.24, 2.45) is 0 Å². The van der Waals surface area contributed by atoms with Gasteiger partial charge in [-0.25, -0.2) is 0 Å². The summed E-state index contributed by atoms with van der Waals surface area (Å²) in [6.45, 7) is 0. The Morgan fingerprint density at radius 1 is 0.210 bits per heavy atom. The second-order valence-corrected chi connectivity index (χ2v) is 16.4. The zero-order valence-electron chi connectivity index (χ0n) is 34.4. The van der Waals surface area contributed by atoms with E-state index in [2.05, 4.69) is 255 Å². The van der Waals surface area contributed by atoms with Gasteiger partial charge in [-0.1, -0.05) is 255 Å². The lowest BCUT2D eigenvalue weighted by molar-refractivity contribution is 0.958. The molecule has 1 aliphatic rings. The van der Waals surface area contributed by atoms with Crippen molar-refractivity contribution < 1.29 is 0 Å². The maximum absolute atomic E-state index is 2.52. The van der Waals surface area contributed by atoms with Crippen molar-refractivity contribution in [2.45, 2.75) is 11.8 Å². The Bertz CT molecular complexity index is 3110. The SMILES string of the molecule is c1ccc(-c2ccc(-c3ccc(C(c4ccc(-c5ccccc5)cc4)c4ccc5c(c4)C(c4ccccc4-c4ccc(-c6ccccc6)cc4)c4ccccc4-5)cc3)cc2)cc1. The Balaban J connectivity index is 1.00. The highest BCUT2D eigenvalue weighted by atomic mass is 14.4. The fourth-order valence-electron chi connectivity index (χ4n) is 9.66. The van der Waals surface area contributed by atoms with Gasteiger partial charge in [0.25, 0.3) is 0 Å². The van der Waals surface area contributed by atoms with E-state index in [1.54, 1.807) is 0 Å². The summed E-state index contributed by atoms with van der Waals surface area (Å²) in [6, 6.07) is 93.7. The molecule has 2 atom stereocenters. The predicted molar refractivity (Wildman–Crippen MR) is 260 cm³/mol. The van der Waals surface area contributed by atoms with Crippen LogP contribution in [0.2, 0.25) is 0 Å². The molecular weight excluding hydrogens is 745 g/mol. The molecule has 0 bridgehead atoms. The summed E-state index contributed by atoms with van der Waals surface area (Å²) in [7, 11) is 0. The van der Waals surface area contributed by atoms with E-state index in [-0.39, 0.29) is 11.8 Å². The first-order chi connectivity index (χ1) is 30.7. The van der Waals surface area contributed by atoms with E-state index < -0.39 is 0 Å². The number of rotatable bonds is 9. The fourth-order valence-corrected chi connectivity index (χ4v) is 9.66. The smallest absolute Gasteiger partial charge is 0.0358 e. The molecule has 0 spiro atoms. The molecule has 10 aromatic rings. The normalized spacial score (nSPS) is 13.3. The van der Waals surface area contributed by atoms with Gasteiger partial charge in [-0.2, -0.15) is 0 Å². The van der Waals surface area contributed by atoms with Crippen molar-refractivity contribution in [3.05, 3.63) is 288 Å². The average molecular weight is 789 g/mol. The Kier molecular flexibility index (Phi) is 9.81. The van der Waals surface area contributed by atoms with Crippen LogP contribution in [0.3, 0.4) is 0 Å². The highest BCUT2D eigenvalue weighted by molar-refractivity contribution is 5.84. The molecule has 292 valence electrons. The van der Waals surface area contributed by atoms with Crippen LogP contribution in [-0.4, -0.2) is 0 Å². The van der Waals surface area contributed by atoms with E-state index in [0.717, 1.165) is 0 Å². The minimum Gasteiger partial charge on any atom is -0.0622 e. The first-order valence-corrected chi connectivity index (χ1v) is 21.6. The molecule has 0 aliphatic heterocycles. The third-order valence-corrected chi connectivity index (χ3v) is 12.8. The van der Waals surface area contributed by atoms with E-state index in [4.69, 9.17) is 0 Å². The summed E-state index contributed by atoms with van der Waals surface area (Å²) in [4.78, 5) is 0. The lowest BCUT2D eigenvalue weighted by atomic mass is 9.80. The molecule has 0 saturated heterocycles. The van der Waals surface area contributed by atoms with Crippen molar-refractivity contribution in [3.63, 3.8) is 0 Å². The van der Waals surface area contributed by atoms with Crippen LogP contribution in [-0.2, 0) is 0 Å². The van der Waals surface area contributed by atoms with Gasteiger partial charge >= 0.3 is 0 Å². The van der Waals surface area contributed by atoms with Crippen molar-refractivity contribution in [1.82, 2.24) is 0 Å². The van der Waals surface area contributed by atoms with E-state index >= 15 is 0 Å². The van der Waals surface area contributed by atoms with Crippen molar-refractivity contribution in [3.8, 4) is 66.8 Å². The summed E-state index contributed by atoms with van der Waals surface area (Å²) in [5, 5.41) is 0. The molecule has 1 aliphatic carbocycles. The van der Waals surface area contributed by atoms with Gasteiger partial charge in [-0.05, 0) is 100 Å². The number of benzene rings is 10. The minimum absolute atomic E-state index is 0.0322. The van der Waals surface area contributed by atoms with Crippen molar-refractivity contribution in [2.75, 3.05) is 0 Å². The van der Waals surface area contributed by atoms with Gasteiger partial charge in [-0.15, -0.1) is 0 Å². The molecule has 0 amide bonds. The number of fused-ring (bicyclic) bond motifs is 3. The Labute approximate surface area is 365 Å². The molecule has 0 heterocycles. The average Bonchev–Trinajstić information content (AvgIpc) is 3.69. The van der Waals surface area contributed by atoms with Gasteiger partial charge in [-0.3, -0.25) is 0 Å². The first kappa shape index (κ1) is 37.2. The lowest BCUT2D eigenvalue weighted by Crippen LogP contribution is -2.06. The zero-order valence-corrected chi connectivity index (χ0v) is 34.4. The molecular formula is C62H44. The Hall–Kier alpha value is -7.80. The van der Waals surface area contributed by atoms with Crippen LogP contribution in [0.1, 0.15) is 45.2 Å². The molecule has 0 nitrogen and oxygen atoms in total. The van der Waals surface area contributed by atoms with E-state index in [0.29, 0.717) is 0 Å². The monoisotopic (exact) mass is 788 g/mol.